The van der Waals surface area contributed by atoms with E-state index in [0.717, 1.165) is 0 Å². The van der Waals surface area contributed by atoms with Gasteiger partial charge in [0.15, 0.2) is 11.5 Å². The summed E-state index contributed by atoms with van der Waals surface area (Å²) in [4.78, 5) is 23.9. The Bertz CT molecular complexity index is 865. The van der Waals surface area contributed by atoms with Crippen LogP contribution in [0, 0.1) is 5.82 Å². The molecular weight excluding hydrogens is 327 g/mol. The first-order valence-corrected chi connectivity index (χ1v) is 7.56. The van der Waals surface area contributed by atoms with Crippen molar-refractivity contribution in [2.24, 2.45) is 0 Å². The molecule has 9 heteroatoms. The highest BCUT2D eigenvalue weighted by Gasteiger charge is 2.12. The van der Waals surface area contributed by atoms with Gasteiger partial charge in [0, 0.05) is 30.9 Å². The Morgan fingerprint density at radius 1 is 1.20 bits per heavy atom. The van der Waals surface area contributed by atoms with Crippen LogP contribution in [-0.4, -0.2) is 32.6 Å². The lowest BCUT2D eigenvalue weighted by Crippen LogP contribution is -2.27. The van der Waals surface area contributed by atoms with Crippen molar-refractivity contribution < 1.29 is 13.7 Å². The second-order valence-electron chi connectivity index (χ2n) is 5.17. The van der Waals surface area contributed by atoms with E-state index in [1.807, 2.05) is 0 Å². The maximum Gasteiger partial charge on any atom is 0.273 e. The quantitative estimate of drug-likeness (QED) is 0.653. The topological polar surface area (TPSA) is 120 Å². The SMILES string of the molecule is Nc1nccnc1C(=O)NCCCc1nc(-c2ccc(F)cc2)no1. The highest BCUT2D eigenvalue weighted by molar-refractivity contribution is 5.96. The van der Waals surface area contributed by atoms with Crippen LogP contribution in [0.4, 0.5) is 10.2 Å². The van der Waals surface area contributed by atoms with Gasteiger partial charge in [-0.15, -0.1) is 0 Å². The summed E-state index contributed by atoms with van der Waals surface area (Å²) in [6.45, 7) is 0.392. The Kier molecular flexibility index (Phi) is 4.93. The number of nitrogen functional groups attached to an aromatic ring is 1. The molecule has 0 fully saturated rings. The first kappa shape index (κ1) is 16.5. The molecule has 2 heterocycles. The van der Waals surface area contributed by atoms with Crippen molar-refractivity contribution >= 4 is 11.7 Å². The van der Waals surface area contributed by atoms with Gasteiger partial charge in [-0.25, -0.2) is 14.4 Å². The van der Waals surface area contributed by atoms with Crippen molar-refractivity contribution in [3.63, 3.8) is 0 Å². The van der Waals surface area contributed by atoms with Gasteiger partial charge in [0.25, 0.3) is 5.91 Å². The number of carbonyl (C=O) groups excluding carboxylic acids is 1. The molecule has 0 spiro atoms. The summed E-state index contributed by atoms with van der Waals surface area (Å²) >= 11 is 0. The molecule has 25 heavy (non-hydrogen) atoms. The van der Waals surface area contributed by atoms with Gasteiger partial charge in [-0.3, -0.25) is 4.79 Å². The number of nitrogens with one attached hydrogen (secondary N) is 1. The van der Waals surface area contributed by atoms with E-state index in [9.17, 15) is 9.18 Å². The Hall–Kier alpha value is -3.36. The zero-order valence-corrected chi connectivity index (χ0v) is 13.1. The van der Waals surface area contributed by atoms with Crippen LogP contribution in [0.25, 0.3) is 11.4 Å². The molecule has 3 rings (SSSR count). The number of carbonyl (C=O) groups is 1. The number of amides is 1. The van der Waals surface area contributed by atoms with E-state index >= 15 is 0 Å². The average molecular weight is 342 g/mol. The zero-order valence-electron chi connectivity index (χ0n) is 13.1. The van der Waals surface area contributed by atoms with Crippen molar-refractivity contribution in [1.29, 1.82) is 0 Å². The van der Waals surface area contributed by atoms with Crippen LogP contribution >= 0.6 is 0 Å². The largest absolute Gasteiger partial charge is 0.382 e. The van der Waals surface area contributed by atoms with Crippen molar-refractivity contribution in [2.75, 3.05) is 12.3 Å². The molecule has 0 bridgehead atoms. The smallest absolute Gasteiger partial charge is 0.273 e. The molecule has 0 aliphatic rings. The molecule has 0 saturated heterocycles. The summed E-state index contributed by atoms with van der Waals surface area (Å²) in [5.74, 6) is 0.204. The average Bonchev–Trinajstić information content (AvgIpc) is 3.08. The first-order chi connectivity index (χ1) is 12.1. The van der Waals surface area contributed by atoms with E-state index in [2.05, 4.69) is 25.4 Å². The maximum absolute atomic E-state index is 12.9. The van der Waals surface area contributed by atoms with Crippen LogP contribution in [0.5, 0.6) is 0 Å². The molecule has 0 atom stereocenters. The minimum absolute atomic E-state index is 0.0841. The number of benzene rings is 1. The molecule has 0 unspecified atom stereocenters. The Labute approximate surface area is 142 Å². The predicted molar refractivity (Wildman–Crippen MR) is 86.8 cm³/mol. The van der Waals surface area contributed by atoms with Gasteiger partial charge in [-0.1, -0.05) is 5.16 Å². The summed E-state index contributed by atoms with van der Waals surface area (Å²) < 4.78 is 18.1. The van der Waals surface area contributed by atoms with Crippen LogP contribution < -0.4 is 11.1 Å². The molecule has 0 aliphatic carbocycles. The van der Waals surface area contributed by atoms with Crippen molar-refractivity contribution in [3.8, 4) is 11.4 Å². The summed E-state index contributed by atoms with van der Waals surface area (Å²) in [5, 5.41) is 6.56. The van der Waals surface area contributed by atoms with Gasteiger partial charge in [0.05, 0.1) is 0 Å². The van der Waals surface area contributed by atoms with Crippen LogP contribution in [-0.2, 0) is 6.42 Å². The van der Waals surface area contributed by atoms with Gasteiger partial charge in [0.1, 0.15) is 5.82 Å². The van der Waals surface area contributed by atoms with Gasteiger partial charge in [-0.2, -0.15) is 4.98 Å². The number of aromatic nitrogens is 4. The molecule has 1 amide bonds. The third kappa shape index (κ3) is 4.14. The first-order valence-electron chi connectivity index (χ1n) is 7.56. The monoisotopic (exact) mass is 342 g/mol. The van der Waals surface area contributed by atoms with Crippen LogP contribution in [0.1, 0.15) is 22.8 Å². The summed E-state index contributed by atoms with van der Waals surface area (Å²) in [5.41, 5.74) is 6.36. The van der Waals surface area contributed by atoms with Gasteiger partial charge >= 0.3 is 0 Å². The van der Waals surface area contributed by atoms with Crippen LogP contribution in [0.15, 0.2) is 41.2 Å². The fourth-order valence-corrected chi connectivity index (χ4v) is 2.12. The van der Waals surface area contributed by atoms with E-state index in [0.29, 0.717) is 36.7 Å². The number of nitrogens with two attached hydrogens (primary N) is 1. The zero-order chi connectivity index (χ0) is 17.6. The molecule has 0 aliphatic heterocycles. The van der Waals surface area contributed by atoms with Gasteiger partial charge in [0.2, 0.25) is 11.7 Å². The van der Waals surface area contributed by atoms with E-state index in [-0.39, 0.29) is 23.2 Å². The molecular formula is C16H15FN6O2. The lowest BCUT2D eigenvalue weighted by Gasteiger charge is -2.04. The van der Waals surface area contributed by atoms with Crippen molar-refractivity contribution in [1.82, 2.24) is 25.4 Å². The summed E-state index contributed by atoms with van der Waals surface area (Å²) in [7, 11) is 0. The summed E-state index contributed by atoms with van der Waals surface area (Å²) in [6, 6.07) is 5.82. The minimum atomic E-state index is -0.386. The molecule has 1 aromatic carbocycles. The number of nitrogens with zero attached hydrogens (tertiary/aromatic N) is 4. The Balaban J connectivity index is 1.49. The Morgan fingerprint density at radius 2 is 1.96 bits per heavy atom. The Morgan fingerprint density at radius 3 is 2.72 bits per heavy atom. The molecule has 3 N–H and O–H groups in total. The number of rotatable bonds is 6. The van der Waals surface area contributed by atoms with Crippen LogP contribution in [0.3, 0.4) is 0 Å². The second kappa shape index (κ2) is 7.47. The van der Waals surface area contributed by atoms with E-state index in [4.69, 9.17) is 10.3 Å². The predicted octanol–water partition coefficient (Wildman–Crippen LogP) is 1.61. The van der Waals surface area contributed by atoms with Crippen molar-refractivity contribution in [2.45, 2.75) is 12.8 Å². The normalized spacial score (nSPS) is 10.6. The van der Waals surface area contributed by atoms with E-state index in [1.54, 1.807) is 12.1 Å². The third-order valence-corrected chi connectivity index (χ3v) is 3.37. The number of halogens is 1. The van der Waals surface area contributed by atoms with Crippen LogP contribution in [0.2, 0.25) is 0 Å². The highest BCUT2D eigenvalue weighted by Crippen LogP contribution is 2.16. The molecule has 0 saturated carbocycles. The number of anilines is 1. The molecule has 2 aromatic heterocycles. The van der Waals surface area contributed by atoms with Gasteiger partial charge < -0.3 is 15.6 Å². The third-order valence-electron chi connectivity index (χ3n) is 3.37. The van der Waals surface area contributed by atoms with E-state index in [1.165, 1.54) is 24.5 Å². The number of hydrogen-bond donors (Lipinski definition) is 2. The number of hydrogen-bond acceptors (Lipinski definition) is 7. The molecule has 8 nitrogen and oxygen atoms in total. The summed E-state index contributed by atoms with van der Waals surface area (Å²) in [6.07, 6.45) is 3.91. The lowest BCUT2D eigenvalue weighted by molar-refractivity contribution is 0.0948. The minimum Gasteiger partial charge on any atom is -0.382 e. The highest BCUT2D eigenvalue weighted by atomic mass is 19.1. The number of aryl methyl sites for hydroxylation is 1. The molecule has 3 aromatic rings. The second-order valence-corrected chi connectivity index (χ2v) is 5.17. The fourth-order valence-electron chi connectivity index (χ4n) is 2.12. The maximum atomic E-state index is 12.9. The standard InChI is InChI=1S/C16H15FN6O2/c17-11-5-3-10(4-6-11)15-22-12(25-23-15)2-1-7-21-16(24)13-14(18)20-9-8-19-13/h3-6,8-9H,1-2,7H2,(H2,18,20)(H,21,24). The molecule has 128 valence electrons. The fraction of sp³-hybridized carbons (Fsp3) is 0.188. The molecule has 0 radical (unpaired) electrons. The van der Waals surface area contributed by atoms with Gasteiger partial charge in [-0.05, 0) is 30.7 Å². The van der Waals surface area contributed by atoms with E-state index < -0.39 is 0 Å². The lowest BCUT2D eigenvalue weighted by atomic mass is 10.2. The van der Waals surface area contributed by atoms with Crippen molar-refractivity contribution in [3.05, 3.63) is 54.1 Å².